The summed E-state index contributed by atoms with van der Waals surface area (Å²) in [7, 11) is 0. The summed E-state index contributed by atoms with van der Waals surface area (Å²) in [5.74, 6) is 0.232. The maximum atomic E-state index is 15.1. The number of aromatic amines is 1. The SMILES string of the molecule is CC1(C(=O)N2CCOCC2)CCC(Oc2ccc(-c3ccc(-c4nc5ccc(C(F)(F)F)cc5[nH]4)c(F)c3)cn2)CC1. The number of nitrogens with one attached hydrogen (secondary N) is 1. The number of morpholine rings is 1. The summed E-state index contributed by atoms with van der Waals surface area (Å²) in [5, 5.41) is 0. The molecule has 0 bridgehead atoms. The zero-order valence-electron chi connectivity index (χ0n) is 23.0. The normalized spacial score (nSPS) is 21.5. The van der Waals surface area contributed by atoms with E-state index in [-0.39, 0.29) is 34.3 Å². The average molecular weight is 583 g/mol. The Kier molecular flexibility index (Phi) is 7.38. The van der Waals surface area contributed by atoms with Crippen LogP contribution in [0.3, 0.4) is 0 Å². The first-order valence-electron chi connectivity index (χ1n) is 14.0. The molecule has 0 spiro atoms. The Morgan fingerprint density at radius 2 is 1.79 bits per heavy atom. The second-order valence-electron chi connectivity index (χ2n) is 11.2. The van der Waals surface area contributed by atoms with Crippen LogP contribution in [0.5, 0.6) is 5.88 Å². The average Bonchev–Trinajstić information content (AvgIpc) is 3.42. The van der Waals surface area contributed by atoms with Crippen LogP contribution < -0.4 is 4.74 Å². The summed E-state index contributed by atoms with van der Waals surface area (Å²) in [4.78, 5) is 26.4. The number of alkyl halides is 3. The molecule has 1 N–H and O–H groups in total. The number of benzene rings is 2. The molecule has 2 aromatic carbocycles. The first kappa shape index (κ1) is 28.1. The minimum atomic E-state index is -4.48. The number of rotatable bonds is 5. The number of halogens is 4. The molecule has 2 fully saturated rings. The zero-order valence-corrected chi connectivity index (χ0v) is 23.0. The van der Waals surface area contributed by atoms with E-state index in [2.05, 4.69) is 15.0 Å². The molecule has 0 unspecified atom stereocenters. The van der Waals surface area contributed by atoms with E-state index in [4.69, 9.17) is 9.47 Å². The Morgan fingerprint density at radius 3 is 2.45 bits per heavy atom. The lowest BCUT2D eigenvalue weighted by Gasteiger charge is -2.40. The number of hydrogen-bond acceptors (Lipinski definition) is 5. The van der Waals surface area contributed by atoms with Crippen molar-refractivity contribution in [3.8, 4) is 28.4 Å². The van der Waals surface area contributed by atoms with Crippen molar-refractivity contribution in [3.05, 3.63) is 66.1 Å². The van der Waals surface area contributed by atoms with E-state index >= 15 is 4.39 Å². The number of ether oxygens (including phenoxy) is 2. The van der Waals surface area contributed by atoms with Crippen LogP contribution in [0.2, 0.25) is 0 Å². The minimum absolute atomic E-state index is 0.0401. The van der Waals surface area contributed by atoms with Gasteiger partial charge in [-0.05, 0) is 67.6 Å². The molecule has 1 aliphatic carbocycles. The van der Waals surface area contributed by atoms with Crippen molar-refractivity contribution in [2.24, 2.45) is 5.41 Å². The largest absolute Gasteiger partial charge is 0.474 e. The van der Waals surface area contributed by atoms with Crippen LogP contribution in [0.4, 0.5) is 17.6 Å². The number of imidazole rings is 1. The predicted octanol–water partition coefficient (Wildman–Crippen LogP) is 6.64. The van der Waals surface area contributed by atoms with E-state index in [1.54, 1.807) is 24.4 Å². The number of H-pyrrole nitrogens is 1. The molecule has 0 radical (unpaired) electrons. The van der Waals surface area contributed by atoms with Crippen molar-refractivity contribution in [3.63, 3.8) is 0 Å². The van der Waals surface area contributed by atoms with Crippen molar-refractivity contribution in [2.45, 2.75) is 44.9 Å². The van der Waals surface area contributed by atoms with Crippen LogP contribution in [0.15, 0.2) is 54.7 Å². The van der Waals surface area contributed by atoms with Crippen LogP contribution in [0.25, 0.3) is 33.5 Å². The first-order chi connectivity index (χ1) is 20.1. The van der Waals surface area contributed by atoms with Gasteiger partial charge in [-0.25, -0.2) is 14.4 Å². The Hall–Kier alpha value is -3.99. The van der Waals surface area contributed by atoms with Crippen LogP contribution in [0, 0.1) is 11.2 Å². The maximum Gasteiger partial charge on any atom is 0.416 e. The number of amides is 1. The van der Waals surface area contributed by atoms with Crippen molar-refractivity contribution >= 4 is 16.9 Å². The van der Waals surface area contributed by atoms with Gasteiger partial charge in [0, 0.05) is 36.3 Å². The summed E-state index contributed by atoms with van der Waals surface area (Å²) in [6.07, 6.45) is 0.0744. The van der Waals surface area contributed by atoms with Crippen molar-refractivity contribution < 1.29 is 31.8 Å². The van der Waals surface area contributed by atoms with E-state index in [0.29, 0.717) is 48.8 Å². The molecule has 1 saturated heterocycles. The number of pyridine rings is 1. The molecule has 7 nitrogen and oxygen atoms in total. The fourth-order valence-electron chi connectivity index (χ4n) is 5.70. The molecule has 42 heavy (non-hydrogen) atoms. The van der Waals surface area contributed by atoms with Crippen LogP contribution in [0.1, 0.15) is 38.2 Å². The third kappa shape index (κ3) is 5.70. The summed E-state index contributed by atoms with van der Waals surface area (Å²) in [6.45, 7) is 4.49. The first-order valence-corrected chi connectivity index (χ1v) is 14.0. The Bertz CT molecular complexity index is 1590. The molecule has 2 aromatic heterocycles. The van der Waals surface area contributed by atoms with Crippen LogP contribution in [-0.4, -0.2) is 58.2 Å². The Morgan fingerprint density at radius 1 is 1.05 bits per heavy atom. The highest BCUT2D eigenvalue weighted by molar-refractivity contribution is 5.83. The van der Waals surface area contributed by atoms with Gasteiger partial charge < -0.3 is 19.4 Å². The lowest BCUT2D eigenvalue weighted by Crippen LogP contribution is -2.49. The van der Waals surface area contributed by atoms with E-state index < -0.39 is 17.6 Å². The lowest BCUT2D eigenvalue weighted by atomic mass is 9.73. The molecule has 1 saturated carbocycles. The summed E-state index contributed by atoms with van der Waals surface area (Å²) in [6, 6.07) is 11.3. The van der Waals surface area contributed by atoms with Gasteiger partial charge in [0.15, 0.2) is 0 Å². The third-order valence-electron chi connectivity index (χ3n) is 8.24. The molecule has 6 rings (SSSR count). The fraction of sp³-hybridized carbons (Fsp3) is 0.387. The molecule has 0 atom stereocenters. The predicted molar refractivity (Wildman–Crippen MR) is 148 cm³/mol. The van der Waals surface area contributed by atoms with Gasteiger partial charge in [0.25, 0.3) is 0 Å². The molecule has 4 aromatic rings. The van der Waals surface area contributed by atoms with Crippen LogP contribution >= 0.6 is 0 Å². The van der Waals surface area contributed by atoms with Gasteiger partial charge in [-0.3, -0.25) is 4.79 Å². The summed E-state index contributed by atoms with van der Waals surface area (Å²) < 4.78 is 65.8. The molecule has 11 heteroatoms. The van der Waals surface area contributed by atoms with Gasteiger partial charge >= 0.3 is 6.18 Å². The number of carbonyl (C=O) groups is 1. The second kappa shape index (κ2) is 11.0. The summed E-state index contributed by atoms with van der Waals surface area (Å²) in [5.41, 5.74) is 0.705. The van der Waals surface area contributed by atoms with Gasteiger partial charge in [0.1, 0.15) is 17.7 Å². The smallest absolute Gasteiger partial charge is 0.416 e. The molecule has 220 valence electrons. The van der Waals surface area contributed by atoms with Crippen LogP contribution in [-0.2, 0) is 15.7 Å². The number of nitrogens with zero attached hydrogens (tertiary/aromatic N) is 3. The topological polar surface area (TPSA) is 80.3 Å². The Labute approximate surface area is 239 Å². The van der Waals surface area contributed by atoms with E-state index in [1.165, 1.54) is 18.2 Å². The monoisotopic (exact) mass is 582 g/mol. The number of fused-ring (bicyclic) bond motifs is 1. The van der Waals surface area contributed by atoms with E-state index in [1.807, 2.05) is 11.8 Å². The number of carbonyl (C=O) groups excluding carboxylic acids is 1. The highest BCUT2D eigenvalue weighted by Gasteiger charge is 2.41. The zero-order chi connectivity index (χ0) is 29.5. The number of hydrogen-bond donors (Lipinski definition) is 1. The van der Waals surface area contributed by atoms with Gasteiger partial charge in [-0.15, -0.1) is 0 Å². The van der Waals surface area contributed by atoms with Crippen molar-refractivity contribution in [1.82, 2.24) is 19.9 Å². The molecule has 3 heterocycles. The van der Waals surface area contributed by atoms with Gasteiger partial charge in [-0.1, -0.05) is 13.0 Å². The lowest BCUT2D eigenvalue weighted by molar-refractivity contribution is -0.148. The van der Waals surface area contributed by atoms with Crippen molar-refractivity contribution in [1.29, 1.82) is 0 Å². The van der Waals surface area contributed by atoms with E-state index in [9.17, 15) is 18.0 Å². The fourth-order valence-corrected chi connectivity index (χ4v) is 5.70. The maximum absolute atomic E-state index is 15.1. The molecular weight excluding hydrogens is 552 g/mol. The molecule has 1 amide bonds. The molecule has 1 aliphatic heterocycles. The molecule has 2 aliphatic rings. The standard InChI is InChI=1S/C31H30F4N4O3/c1-30(29(40)39-12-14-41-15-13-39)10-8-22(9-11-30)42-27-7-3-20(18-36-27)19-2-5-23(24(32)16-19)28-37-25-6-4-21(31(33,34)35)17-26(25)38-28/h2-7,16-18,22H,8-15H2,1H3,(H,37,38). The van der Waals surface area contributed by atoms with E-state index in [0.717, 1.165) is 37.8 Å². The van der Waals surface area contributed by atoms with Crippen molar-refractivity contribution in [2.75, 3.05) is 26.3 Å². The minimum Gasteiger partial charge on any atom is -0.474 e. The van der Waals surface area contributed by atoms with Gasteiger partial charge in [0.2, 0.25) is 11.8 Å². The van der Waals surface area contributed by atoms with Gasteiger partial charge in [0.05, 0.1) is 35.4 Å². The highest BCUT2D eigenvalue weighted by atomic mass is 19.4. The Balaban J connectivity index is 1.09. The second-order valence-corrected chi connectivity index (χ2v) is 11.2. The third-order valence-corrected chi connectivity index (χ3v) is 8.24. The molecular formula is C31H30F4N4O3. The quantitative estimate of drug-likeness (QED) is 0.267. The number of aromatic nitrogens is 3. The van der Waals surface area contributed by atoms with Gasteiger partial charge in [-0.2, -0.15) is 13.2 Å². The highest BCUT2D eigenvalue weighted by Crippen LogP contribution is 2.39. The summed E-state index contributed by atoms with van der Waals surface area (Å²) >= 11 is 0.